The van der Waals surface area contributed by atoms with Crippen LogP contribution >= 0.6 is 15.9 Å². The second kappa shape index (κ2) is 6.86. The first-order valence-electron chi connectivity index (χ1n) is 6.45. The molecular formula is C16H16BrFO2. The maximum atomic E-state index is 13.4. The molecule has 0 fully saturated rings. The third-order valence-electron chi connectivity index (χ3n) is 3.00. The summed E-state index contributed by atoms with van der Waals surface area (Å²) in [5, 5.41) is 10.3. The predicted octanol–water partition coefficient (Wildman–Crippen LogP) is 4.26. The quantitative estimate of drug-likeness (QED) is 0.882. The van der Waals surface area contributed by atoms with Gasteiger partial charge in [0.05, 0.1) is 17.2 Å². The predicted molar refractivity (Wildman–Crippen MR) is 80.4 cm³/mol. The molecule has 0 heterocycles. The molecule has 0 radical (unpaired) electrons. The Morgan fingerprint density at radius 2 is 2.00 bits per heavy atom. The van der Waals surface area contributed by atoms with Gasteiger partial charge in [0.25, 0.3) is 0 Å². The topological polar surface area (TPSA) is 29.5 Å². The van der Waals surface area contributed by atoms with Crippen LogP contribution in [0.25, 0.3) is 0 Å². The highest BCUT2D eigenvalue weighted by Gasteiger charge is 2.13. The maximum Gasteiger partial charge on any atom is 0.137 e. The van der Waals surface area contributed by atoms with Crippen molar-refractivity contribution in [3.63, 3.8) is 0 Å². The normalized spacial score (nSPS) is 12.2. The van der Waals surface area contributed by atoms with E-state index in [4.69, 9.17) is 4.74 Å². The zero-order chi connectivity index (χ0) is 14.5. The minimum absolute atomic E-state index is 0.322. The molecule has 0 aliphatic heterocycles. The van der Waals surface area contributed by atoms with Crippen LogP contribution in [-0.4, -0.2) is 11.7 Å². The molecule has 4 heteroatoms. The van der Waals surface area contributed by atoms with Crippen LogP contribution < -0.4 is 4.74 Å². The first-order valence-corrected chi connectivity index (χ1v) is 7.24. The average Bonchev–Trinajstić information content (AvgIpc) is 2.44. The first kappa shape index (κ1) is 15.0. The van der Waals surface area contributed by atoms with Crippen molar-refractivity contribution in [2.75, 3.05) is 6.61 Å². The van der Waals surface area contributed by atoms with Gasteiger partial charge in [-0.3, -0.25) is 0 Å². The number of aliphatic hydroxyl groups excluding tert-OH is 1. The zero-order valence-corrected chi connectivity index (χ0v) is 12.7. The van der Waals surface area contributed by atoms with E-state index < -0.39 is 6.10 Å². The largest absolute Gasteiger partial charge is 0.494 e. The number of ether oxygens (including phenoxy) is 1. The molecule has 1 N–H and O–H groups in total. The average molecular weight is 339 g/mol. The Kier molecular flexibility index (Phi) is 5.15. The van der Waals surface area contributed by atoms with Crippen molar-refractivity contribution in [1.29, 1.82) is 0 Å². The van der Waals surface area contributed by atoms with Crippen LogP contribution in [0.2, 0.25) is 0 Å². The van der Waals surface area contributed by atoms with Gasteiger partial charge in [-0.25, -0.2) is 4.39 Å². The van der Waals surface area contributed by atoms with Gasteiger partial charge in [-0.2, -0.15) is 0 Å². The van der Waals surface area contributed by atoms with Crippen molar-refractivity contribution >= 4 is 15.9 Å². The van der Waals surface area contributed by atoms with Gasteiger partial charge in [0, 0.05) is 6.42 Å². The minimum atomic E-state index is -0.700. The summed E-state index contributed by atoms with van der Waals surface area (Å²) in [5.41, 5.74) is 1.49. The van der Waals surface area contributed by atoms with Gasteiger partial charge in [0.2, 0.25) is 0 Å². The van der Waals surface area contributed by atoms with Crippen LogP contribution in [0.5, 0.6) is 5.75 Å². The Morgan fingerprint density at radius 3 is 2.75 bits per heavy atom. The number of hydrogen-bond acceptors (Lipinski definition) is 2. The molecule has 2 nitrogen and oxygen atoms in total. The molecule has 0 spiro atoms. The van der Waals surface area contributed by atoms with Gasteiger partial charge < -0.3 is 9.84 Å². The van der Waals surface area contributed by atoms with Crippen molar-refractivity contribution < 1.29 is 14.2 Å². The Morgan fingerprint density at radius 1 is 1.25 bits per heavy atom. The highest BCUT2D eigenvalue weighted by molar-refractivity contribution is 9.10. The molecule has 0 saturated heterocycles. The van der Waals surface area contributed by atoms with Gasteiger partial charge >= 0.3 is 0 Å². The summed E-state index contributed by atoms with van der Waals surface area (Å²) in [6.45, 7) is 2.49. The highest BCUT2D eigenvalue weighted by Crippen LogP contribution is 2.27. The van der Waals surface area contributed by atoms with Crippen molar-refractivity contribution in [1.82, 2.24) is 0 Å². The first-order chi connectivity index (χ1) is 9.61. The summed E-state index contributed by atoms with van der Waals surface area (Å²) < 4.78 is 19.3. The van der Waals surface area contributed by atoms with Crippen LogP contribution in [0.3, 0.4) is 0 Å². The van der Waals surface area contributed by atoms with Crippen LogP contribution in [0.1, 0.15) is 24.2 Å². The Balaban J connectivity index is 2.17. The molecule has 0 aliphatic rings. The Hall–Kier alpha value is -1.39. The SMILES string of the molecule is CCOc1cccc(C(O)Cc2cccc(F)c2Br)c1. The smallest absolute Gasteiger partial charge is 0.137 e. The maximum absolute atomic E-state index is 13.4. The lowest BCUT2D eigenvalue weighted by Gasteiger charge is -2.14. The molecule has 0 amide bonds. The summed E-state index contributed by atoms with van der Waals surface area (Å²) in [5.74, 6) is 0.403. The van der Waals surface area contributed by atoms with Crippen molar-refractivity contribution in [3.05, 3.63) is 63.9 Å². The third kappa shape index (κ3) is 3.58. The fourth-order valence-corrected chi connectivity index (χ4v) is 2.44. The fourth-order valence-electron chi connectivity index (χ4n) is 2.01. The molecule has 0 aromatic heterocycles. The van der Waals surface area contributed by atoms with E-state index in [9.17, 15) is 9.50 Å². The number of halogens is 2. The van der Waals surface area contributed by atoms with Crippen molar-refractivity contribution in [3.8, 4) is 5.75 Å². The second-order valence-electron chi connectivity index (χ2n) is 4.44. The van der Waals surface area contributed by atoms with E-state index in [1.807, 2.05) is 25.1 Å². The fraction of sp³-hybridized carbons (Fsp3) is 0.250. The molecule has 0 saturated carbocycles. The Labute approximate surface area is 126 Å². The van der Waals surface area contributed by atoms with Crippen molar-refractivity contribution in [2.24, 2.45) is 0 Å². The minimum Gasteiger partial charge on any atom is -0.494 e. The van der Waals surface area contributed by atoms with Gasteiger partial charge in [-0.15, -0.1) is 0 Å². The molecule has 2 rings (SSSR count). The van der Waals surface area contributed by atoms with E-state index in [-0.39, 0.29) is 5.82 Å². The molecule has 1 atom stereocenters. The van der Waals surface area contributed by atoms with Crippen LogP contribution in [0.15, 0.2) is 46.9 Å². The zero-order valence-electron chi connectivity index (χ0n) is 11.1. The molecule has 0 bridgehead atoms. The lowest BCUT2D eigenvalue weighted by atomic mass is 10.0. The van der Waals surface area contributed by atoms with E-state index in [0.29, 0.717) is 17.5 Å². The summed E-state index contributed by atoms with van der Waals surface area (Å²) in [6, 6.07) is 12.1. The summed E-state index contributed by atoms with van der Waals surface area (Å²) in [7, 11) is 0. The van der Waals surface area contributed by atoms with E-state index in [0.717, 1.165) is 16.9 Å². The summed E-state index contributed by atoms with van der Waals surface area (Å²) in [4.78, 5) is 0. The van der Waals surface area contributed by atoms with Gasteiger partial charge in [0.15, 0.2) is 0 Å². The Bertz CT molecular complexity index is 586. The molecule has 0 aliphatic carbocycles. The number of rotatable bonds is 5. The molecule has 20 heavy (non-hydrogen) atoms. The third-order valence-corrected chi connectivity index (χ3v) is 3.89. The van der Waals surface area contributed by atoms with E-state index in [1.165, 1.54) is 6.07 Å². The summed E-state index contributed by atoms with van der Waals surface area (Å²) in [6.07, 6.45) is -0.359. The van der Waals surface area contributed by atoms with E-state index >= 15 is 0 Å². The van der Waals surface area contributed by atoms with Crippen LogP contribution in [-0.2, 0) is 6.42 Å². The highest BCUT2D eigenvalue weighted by atomic mass is 79.9. The van der Waals surface area contributed by atoms with Crippen LogP contribution in [0.4, 0.5) is 4.39 Å². The van der Waals surface area contributed by atoms with E-state index in [2.05, 4.69) is 15.9 Å². The molecule has 1 unspecified atom stereocenters. The van der Waals surface area contributed by atoms with Gasteiger partial charge in [-0.05, 0) is 52.2 Å². The molecule has 2 aromatic rings. The van der Waals surface area contributed by atoms with Crippen LogP contribution in [0, 0.1) is 5.82 Å². The number of aliphatic hydroxyl groups is 1. The van der Waals surface area contributed by atoms with Gasteiger partial charge in [0.1, 0.15) is 11.6 Å². The number of benzene rings is 2. The number of hydrogen-bond donors (Lipinski definition) is 1. The monoisotopic (exact) mass is 338 g/mol. The lowest BCUT2D eigenvalue weighted by molar-refractivity contribution is 0.177. The van der Waals surface area contributed by atoms with Gasteiger partial charge in [-0.1, -0.05) is 24.3 Å². The molecule has 2 aromatic carbocycles. The second-order valence-corrected chi connectivity index (χ2v) is 5.23. The lowest BCUT2D eigenvalue weighted by Crippen LogP contribution is -2.03. The summed E-state index contributed by atoms with van der Waals surface area (Å²) >= 11 is 3.21. The molecular weight excluding hydrogens is 323 g/mol. The van der Waals surface area contributed by atoms with E-state index in [1.54, 1.807) is 18.2 Å². The standard InChI is InChI=1S/C16H16BrFO2/c1-2-20-13-7-3-5-11(9-13)15(19)10-12-6-4-8-14(18)16(12)17/h3-9,15,19H,2,10H2,1H3. The van der Waals surface area contributed by atoms with Crippen molar-refractivity contribution in [2.45, 2.75) is 19.4 Å². The molecule has 106 valence electrons.